The number of ether oxygens (including phenoxy) is 1. The van der Waals surface area contributed by atoms with Gasteiger partial charge in [0, 0.05) is 11.8 Å². The molecule has 0 spiro atoms. The van der Waals surface area contributed by atoms with Crippen LogP contribution in [-0.2, 0) is 9.84 Å². The van der Waals surface area contributed by atoms with Gasteiger partial charge in [0.2, 0.25) is 0 Å². The first-order chi connectivity index (χ1) is 6.86. The number of benzene rings is 1. The van der Waals surface area contributed by atoms with Crippen molar-refractivity contribution in [3.63, 3.8) is 0 Å². The number of rotatable bonds is 3. The van der Waals surface area contributed by atoms with Gasteiger partial charge in [0.05, 0.1) is 7.11 Å². The van der Waals surface area contributed by atoms with Crippen LogP contribution in [0, 0.1) is 0 Å². The van der Waals surface area contributed by atoms with Gasteiger partial charge in [0.25, 0.3) is 0 Å². The third kappa shape index (κ3) is 2.56. The van der Waals surface area contributed by atoms with Gasteiger partial charge in [-0.1, -0.05) is 0 Å². The number of carbonyl (C=O) groups excluding carboxylic acids is 1. The van der Waals surface area contributed by atoms with Crippen LogP contribution in [0.1, 0.15) is 17.3 Å². The highest BCUT2D eigenvalue weighted by atomic mass is 32.2. The Labute approximate surface area is 88.8 Å². The third-order valence-corrected chi connectivity index (χ3v) is 3.11. The Kier molecular flexibility index (Phi) is 3.14. The summed E-state index contributed by atoms with van der Waals surface area (Å²) in [5.74, 6) is 0.0681. The normalized spacial score (nSPS) is 11.1. The van der Waals surface area contributed by atoms with Crippen molar-refractivity contribution in [3.8, 4) is 5.75 Å². The maximum Gasteiger partial charge on any atom is 0.179 e. The Hall–Kier alpha value is -1.36. The largest absolute Gasteiger partial charge is 0.495 e. The van der Waals surface area contributed by atoms with Gasteiger partial charge in [0.15, 0.2) is 15.6 Å². The maximum absolute atomic E-state index is 11.3. The van der Waals surface area contributed by atoms with E-state index in [2.05, 4.69) is 0 Å². The highest BCUT2D eigenvalue weighted by Crippen LogP contribution is 2.24. The van der Waals surface area contributed by atoms with Crippen molar-refractivity contribution < 1.29 is 17.9 Å². The molecule has 0 saturated heterocycles. The Morgan fingerprint density at radius 2 is 1.93 bits per heavy atom. The molecular weight excluding hydrogens is 216 g/mol. The molecule has 0 aliphatic rings. The molecule has 0 fully saturated rings. The summed E-state index contributed by atoms with van der Waals surface area (Å²) in [5.41, 5.74) is 0.430. The lowest BCUT2D eigenvalue weighted by molar-refractivity contribution is 0.101. The number of Topliss-reactive ketones (excluding diaryl/α,β-unsaturated/α-hetero) is 1. The third-order valence-electron chi connectivity index (χ3n) is 1.97. The zero-order valence-electron chi connectivity index (χ0n) is 8.77. The van der Waals surface area contributed by atoms with Crippen molar-refractivity contribution in [3.05, 3.63) is 23.8 Å². The first kappa shape index (κ1) is 11.7. The molecule has 0 unspecified atom stereocenters. The van der Waals surface area contributed by atoms with Crippen LogP contribution in [0.5, 0.6) is 5.75 Å². The van der Waals surface area contributed by atoms with Crippen LogP contribution in [0.15, 0.2) is 23.1 Å². The van der Waals surface area contributed by atoms with Crippen LogP contribution in [0.3, 0.4) is 0 Å². The van der Waals surface area contributed by atoms with Crippen LogP contribution in [0.25, 0.3) is 0 Å². The number of sulfone groups is 1. The fraction of sp³-hybridized carbons (Fsp3) is 0.300. The van der Waals surface area contributed by atoms with Crippen LogP contribution in [0.4, 0.5) is 0 Å². The molecule has 82 valence electrons. The standard InChI is InChI=1S/C10H12O4S/c1-7(11)8-4-5-10(15(3,12)13)9(6-8)14-2/h4-6H,1-3H3. The summed E-state index contributed by atoms with van der Waals surface area (Å²) in [5, 5.41) is 0. The van der Waals surface area contributed by atoms with Gasteiger partial charge < -0.3 is 4.74 Å². The van der Waals surface area contributed by atoms with Crippen LogP contribution in [0.2, 0.25) is 0 Å². The molecule has 15 heavy (non-hydrogen) atoms. The molecule has 1 aromatic carbocycles. The minimum atomic E-state index is -3.32. The van der Waals surface area contributed by atoms with Gasteiger partial charge in [-0.15, -0.1) is 0 Å². The number of carbonyl (C=O) groups is 1. The highest BCUT2D eigenvalue weighted by molar-refractivity contribution is 7.90. The van der Waals surface area contributed by atoms with E-state index in [1.165, 1.54) is 32.2 Å². The highest BCUT2D eigenvalue weighted by Gasteiger charge is 2.15. The van der Waals surface area contributed by atoms with E-state index in [4.69, 9.17) is 4.74 Å². The van der Waals surface area contributed by atoms with Gasteiger partial charge in [-0.25, -0.2) is 8.42 Å². The summed E-state index contributed by atoms with van der Waals surface area (Å²) in [7, 11) is -1.96. The predicted octanol–water partition coefficient (Wildman–Crippen LogP) is 1.30. The van der Waals surface area contributed by atoms with Crippen molar-refractivity contribution in [1.82, 2.24) is 0 Å². The Morgan fingerprint density at radius 3 is 2.33 bits per heavy atom. The lowest BCUT2D eigenvalue weighted by Crippen LogP contribution is -2.02. The van der Waals surface area contributed by atoms with E-state index in [1.54, 1.807) is 0 Å². The van der Waals surface area contributed by atoms with Gasteiger partial charge >= 0.3 is 0 Å². The molecule has 0 atom stereocenters. The van der Waals surface area contributed by atoms with Crippen molar-refractivity contribution in [2.24, 2.45) is 0 Å². The molecule has 1 rings (SSSR count). The average Bonchev–Trinajstić information content (AvgIpc) is 2.15. The minimum absolute atomic E-state index is 0.0926. The van der Waals surface area contributed by atoms with E-state index in [0.717, 1.165) is 6.26 Å². The second-order valence-electron chi connectivity index (χ2n) is 3.19. The molecular formula is C10H12O4S. The molecule has 0 heterocycles. The summed E-state index contributed by atoms with van der Waals surface area (Å²) in [6, 6.07) is 4.28. The Balaban J connectivity index is 3.40. The molecule has 4 nitrogen and oxygen atoms in total. The molecule has 0 aromatic heterocycles. The summed E-state index contributed by atoms with van der Waals surface area (Å²) in [4.78, 5) is 11.2. The van der Waals surface area contributed by atoms with E-state index in [-0.39, 0.29) is 16.4 Å². The van der Waals surface area contributed by atoms with E-state index in [1.807, 2.05) is 0 Å². The Bertz CT molecular complexity index is 488. The quantitative estimate of drug-likeness (QED) is 0.732. The second kappa shape index (κ2) is 4.02. The van der Waals surface area contributed by atoms with Crippen molar-refractivity contribution in [1.29, 1.82) is 0 Å². The van der Waals surface area contributed by atoms with E-state index >= 15 is 0 Å². The summed E-state index contributed by atoms with van der Waals surface area (Å²) < 4.78 is 27.6. The molecule has 1 aromatic rings. The zero-order valence-corrected chi connectivity index (χ0v) is 9.59. The Morgan fingerprint density at radius 1 is 1.33 bits per heavy atom. The minimum Gasteiger partial charge on any atom is -0.495 e. The smallest absolute Gasteiger partial charge is 0.179 e. The summed E-state index contributed by atoms with van der Waals surface area (Å²) in [6.07, 6.45) is 1.10. The lowest BCUT2D eigenvalue weighted by Gasteiger charge is -2.07. The average molecular weight is 228 g/mol. The molecule has 0 amide bonds. The first-order valence-corrected chi connectivity index (χ1v) is 6.14. The molecule has 0 radical (unpaired) electrons. The number of methoxy groups -OCH3 is 1. The van der Waals surface area contributed by atoms with Gasteiger partial charge in [-0.3, -0.25) is 4.79 Å². The number of ketones is 1. The molecule has 0 bridgehead atoms. The predicted molar refractivity (Wildman–Crippen MR) is 56.1 cm³/mol. The molecule has 5 heteroatoms. The van der Waals surface area contributed by atoms with Crippen molar-refractivity contribution in [2.75, 3.05) is 13.4 Å². The lowest BCUT2D eigenvalue weighted by atomic mass is 10.1. The second-order valence-corrected chi connectivity index (χ2v) is 5.18. The summed E-state index contributed by atoms with van der Waals surface area (Å²) in [6.45, 7) is 1.41. The number of hydrogen-bond donors (Lipinski definition) is 0. The molecule has 0 N–H and O–H groups in total. The van der Waals surface area contributed by atoms with Crippen LogP contribution < -0.4 is 4.74 Å². The van der Waals surface area contributed by atoms with Crippen molar-refractivity contribution in [2.45, 2.75) is 11.8 Å². The van der Waals surface area contributed by atoms with Crippen LogP contribution in [-0.4, -0.2) is 27.6 Å². The monoisotopic (exact) mass is 228 g/mol. The zero-order chi connectivity index (χ0) is 11.6. The molecule has 0 aliphatic carbocycles. The summed E-state index contributed by atoms with van der Waals surface area (Å²) >= 11 is 0. The van der Waals surface area contributed by atoms with E-state index < -0.39 is 9.84 Å². The van der Waals surface area contributed by atoms with E-state index in [0.29, 0.717) is 5.56 Å². The van der Waals surface area contributed by atoms with Gasteiger partial charge in [0.1, 0.15) is 10.6 Å². The topological polar surface area (TPSA) is 60.4 Å². The SMILES string of the molecule is COc1cc(C(C)=O)ccc1S(C)(=O)=O. The molecule has 0 saturated carbocycles. The molecule has 0 aliphatic heterocycles. The van der Waals surface area contributed by atoms with E-state index in [9.17, 15) is 13.2 Å². The number of hydrogen-bond acceptors (Lipinski definition) is 4. The van der Waals surface area contributed by atoms with Gasteiger partial charge in [-0.05, 0) is 25.1 Å². The fourth-order valence-electron chi connectivity index (χ4n) is 1.19. The van der Waals surface area contributed by atoms with Gasteiger partial charge in [-0.2, -0.15) is 0 Å². The maximum atomic E-state index is 11.3. The van der Waals surface area contributed by atoms with Crippen LogP contribution >= 0.6 is 0 Å². The first-order valence-electron chi connectivity index (χ1n) is 4.25. The van der Waals surface area contributed by atoms with Crippen molar-refractivity contribution >= 4 is 15.6 Å². The fourth-order valence-corrected chi connectivity index (χ4v) is 2.02.